The standard InChI is InChI=1S/C14H18N4O/c1-18(2)9-3-4-12-10(7-9)14(17-15)11-8-19-6-5-13(11)16-12/h3-4,7H,5-6,8,15H2,1-2H3,(H,16,17). The van der Waals surface area contributed by atoms with Crippen molar-refractivity contribution in [2.75, 3.05) is 31.0 Å². The summed E-state index contributed by atoms with van der Waals surface area (Å²) in [7, 11) is 4.04. The lowest BCUT2D eigenvalue weighted by Gasteiger charge is -2.21. The largest absolute Gasteiger partial charge is 0.378 e. The highest BCUT2D eigenvalue weighted by Crippen LogP contribution is 2.32. The molecule has 1 aromatic carbocycles. The van der Waals surface area contributed by atoms with Gasteiger partial charge in [-0.05, 0) is 18.2 Å². The summed E-state index contributed by atoms with van der Waals surface area (Å²) in [6.45, 7) is 1.30. The fraction of sp³-hybridized carbons (Fsp3) is 0.357. The minimum atomic E-state index is 0.573. The molecular formula is C14H18N4O. The Balaban J connectivity index is 2.28. The van der Waals surface area contributed by atoms with E-state index in [1.165, 1.54) is 0 Å². The van der Waals surface area contributed by atoms with Crippen LogP contribution in [0.15, 0.2) is 18.2 Å². The van der Waals surface area contributed by atoms with Gasteiger partial charge >= 0.3 is 0 Å². The summed E-state index contributed by atoms with van der Waals surface area (Å²) < 4.78 is 5.52. The third kappa shape index (κ3) is 2.01. The van der Waals surface area contributed by atoms with Gasteiger partial charge in [-0.1, -0.05) is 0 Å². The van der Waals surface area contributed by atoms with Crippen LogP contribution < -0.4 is 16.2 Å². The van der Waals surface area contributed by atoms with E-state index >= 15 is 0 Å². The highest BCUT2D eigenvalue weighted by molar-refractivity contribution is 5.95. The van der Waals surface area contributed by atoms with Crippen LogP contribution in [-0.4, -0.2) is 25.7 Å². The second-order valence-corrected chi connectivity index (χ2v) is 4.95. The van der Waals surface area contributed by atoms with Gasteiger partial charge < -0.3 is 15.1 Å². The Morgan fingerprint density at radius 2 is 2.21 bits per heavy atom. The van der Waals surface area contributed by atoms with Crippen LogP contribution in [0.5, 0.6) is 0 Å². The first kappa shape index (κ1) is 12.2. The molecule has 0 unspecified atom stereocenters. The van der Waals surface area contributed by atoms with E-state index in [4.69, 9.17) is 15.6 Å². The molecule has 5 nitrogen and oxygen atoms in total. The summed E-state index contributed by atoms with van der Waals surface area (Å²) >= 11 is 0. The zero-order valence-electron chi connectivity index (χ0n) is 11.2. The fourth-order valence-corrected chi connectivity index (χ4v) is 2.49. The molecule has 0 bridgehead atoms. The molecule has 0 spiro atoms. The van der Waals surface area contributed by atoms with Gasteiger partial charge in [0.15, 0.2) is 0 Å². The molecule has 1 aromatic heterocycles. The molecule has 0 aliphatic carbocycles. The minimum absolute atomic E-state index is 0.573. The van der Waals surface area contributed by atoms with Crippen LogP contribution in [0, 0.1) is 0 Å². The van der Waals surface area contributed by atoms with Gasteiger partial charge in [0.25, 0.3) is 0 Å². The molecule has 0 atom stereocenters. The lowest BCUT2D eigenvalue weighted by atomic mass is 10.0. The molecular weight excluding hydrogens is 240 g/mol. The van der Waals surface area contributed by atoms with E-state index in [-0.39, 0.29) is 0 Å². The summed E-state index contributed by atoms with van der Waals surface area (Å²) in [5.41, 5.74) is 8.03. The highest BCUT2D eigenvalue weighted by atomic mass is 16.5. The predicted octanol–water partition coefficient (Wildman–Crippen LogP) is 1.66. The summed E-state index contributed by atoms with van der Waals surface area (Å²) in [6, 6.07) is 6.22. The number of anilines is 2. The predicted molar refractivity (Wildman–Crippen MR) is 77.2 cm³/mol. The Kier molecular flexibility index (Phi) is 3.00. The van der Waals surface area contributed by atoms with Gasteiger partial charge in [-0.15, -0.1) is 0 Å². The number of hydrogen-bond acceptors (Lipinski definition) is 5. The van der Waals surface area contributed by atoms with Gasteiger partial charge in [-0.3, -0.25) is 10.8 Å². The monoisotopic (exact) mass is 258 g/mol. The SMILES string of the molecule is CN(C)c1ccc2nc3c(c(NN)c2c1)COCC3. The van der Waals surface area contributed by atoms with Crippen LogP contribution in [0.4, 0.5) is 11.4 Å². The number of nitrogens with one attached hydrogen (secondary N) is 1. The third-order valence-electron chi connectivity index (χ3n) is 3.55. The van der Waals surface area contributed by atoms with Crippen molar-refractivity contribution in [3.8, 4) is 0 Å². The topological polar surface area (TPSA) is 63.4 Å². The van der Waals surface area contributed by atoms with Crippen LogP contribution in [0.2, 0.25) is 0 Å². The number of fused-ring (bicyclic) bond motifs is 2. The highest BCUT2D eigenvalue weighted by Gasteiger charge is 2.18. The third-order valence-corrected chi connectivity index (χ3v) is 3.55. The Morgan fingerprint density at radius 1 is 1.37 bits per heavy atom. The molecule has 100 valence electrons. The summed E-state index contributed by atoms with van der Waals surface area (Å²) in [5, 5.41) is 1.04. The zero-order chi connectivity index (χ0) is 13.4. The summed E-state index contributed by atoms with van der Waals surface area (Å²) in [4.78, 5) is 6.80. The second kappa shape index (κ2) is 4.68. The minimum Gasteiger partial charge on any atom is -0.378 e. The number of pyridine rings is 1. The van der Waals surface area contributed by atoms with Gasteiger partial charge in [-0.2, -0.15) is 0 Å². The van der Waals surface area contributed by atoms with E-state index in [0.29, 0.717) is 6.61 Å². The van der Waals surface area contributed by atoms with Crippen LogP contribution in [0.3, 0.4) is 0 Å². The Hall–Kier alpha value is -1.85. The molecule has 19 heavy (non-hydrogen) atoms. The molecule has 3 rings (SSSR count). The van der Waals surface area contributed by atoms with Crippen molar-refractivity contribution in [1.29, 1.82) is 0 Å². The molecule has 0 amide bonds. The molecule has 2 aromatic rings. The maximum atomic E-state index is 5.72. The average molecular weight is 258 g/mol. The van der Waals surface area contributed by atoms with E-state index in [1.54, 1.807) is 0 Å². The Labute approximate surface area is 112 Å². The number of nitrogens with two attached hydrogens (primary N) is 1. The quantitative estimate of drug-likeness (QED) is 0.633. The first-order valence-corrected chi connectivity index (χ1v) is 6.38. The van der Waals surface area contributed by atoms with Crippen molar-refractivity contribution >= 4 is 22.3 Å². The molecule has 0 saturated carbocycles. The molecule has 3 N–H and O–H groups in total. The van der Waals surface area contributed by atoms with Crippen molar-refractivity contribution in [1.82, 2.24) is 4.98 Å². The fourth-order valence-electron chi connectivity index (χ4n) is 2.49. The van der Waals surface area contributed by atoms with Crippen molar-refractivity contribution in [2.45, 2.75) is 13.0 Å². The van der Waals surface area contributed by atoms with Gasteiger partial charge in [-0.25, -0.2) is 0 Å². The van der Waals surface area contributed by atoms with Gasteiger partial charge in [0.1, 0.15) is 0 Å². The second-order valence-electron chi connectivity index (χ2n) is 4.95. The summed E-state index contributed by atoms with van der Waals surface area (Å²) in [5.74, 6) is 5.72. The van der Waals surface area contributed by atoms with Crippen LogP contribution >= 0.6 is 0 Å². The van der Waals surface area contributed by atoms with Gasteiger partial charge in [0, 0.05) is 37.2 Å². The number of rotatable bonds is 2. The van der Waals surface area contributed by atoms with Gasteiger partial charge in [0.2, 0.25) is 0 Å². The molecule has 0 fully saturated rings. The number of ether oxygens (including phenoxy) is 1. The molecule has 0 radical (unpaired) electrons. The Morgan fingerprint density at radius 3 is 2.95 bits per heavy atom. The average Bonchev–Trinajstić information content (AvgIpc) is 2.44. The zero-order valence-corrected chi connectivity index (χ0v) is 11.2. The number of benzene rings is 1. The first-order chi connectivity index (χ1) is 9.20. The lowest BCUT2D eigenvalue weighted by Crippen LogP contribution is -2.18. The Bertz CT molecular complexity index is 624. The van der Waals surface area contributed by atoms with E-state index in [1.807, 2.05) is 20.2 Å². The molecule has 0 saturated heterocycles. The van der Waals surface area contributed by atoms with Crippen molar-refractivity contribution < 1.29 is 4.74 Å². The van der Waals surface area contributed by atoms with Gasteiger partial charge in [0.05, 0.1) is 30.1 Å². The maximum absolute atomic E-state index is 5.72. The number of aromatic nitrogens is 1. The first-order valence-electron chi connectivity index (χ1n) is 6.38. The van der Waals surface area contributed by atoms with E-state index in [9.17, 15) is 0 Å². The van der Waals surface area contributed by atoms with E-state index in [0.717, 1.165) is 46.6 Å². The van der Waals surface area contributed by atoms with Crippen molar-refractivity contribution in [2.24, 2.45) is 5.84 Å². The van der Waals surface area contributed by atoms with Crippen LogP contribution in [-0.2, 0) is 17.8 Å². The summed E-state index contributed by atoms with van der Waals surface area (Å²) in [6.07, 6.45) is 0.843. The number of hydrogen-bond donors (Lipinski definition) is 2. The van der Waals surface area contributed by atoms with Crippen molar-refractivity contribution in [3.05, 3.63) is 29.5 Å². The molecule has 5 heteroatoms. The van der Waals surface area contributed by atoms with Crippen molar-refractivity contribution in [3.63, 3.8) is 0 Å². The molecule has 1 aliphatic heterocycles. The molecule has 1 aliphatic rings. The van der Waals surface area contributed by atoms with E-state index in [2.05, 4.69) is 22.5 Å². The normalized spacial score (nSPS) is 14.3. The maximum Gasteiger partial charge on any atom is 0.0755 e. The number of nitrogen functional groups attached to an aromatic ring is 1. The number of hydrazine groups is 1. The van der Waals surface area contributed by atoms with Crippen LogP contribution in [0.25, 0.3) is 10.9 Å². The van der Waals surface area contributed by atoms with Crippen LogP contribution in [0.1, 0.15) is 11.3 Å². The number of nitrogens with zero attached hydrogens (tertiary/aromatic N) is 2. The lowest BCUT2D eigenvalue weighted by molar-refractivity contribution is 0.110. The van der Waals surface area contributed by atoms with E-state index < -0.39 is 0 Å². The molecule has 2 heterocycles. The smallest absolute Gasteiger partial charge is 0.0755 e.